The minimum absolute atomic E-state index is 0.0282. The molecule has 1 aromatic heterocycles. The molecule has 0 atom stereocenters. The van der Waals surface area contributed by atoms with Crippen molar-refractivity contribution in [2.45, 2.75) is 6.61 Å². The molecule has 0 unspecified atom stereocenters. The monoisotopic (exact) mass is 400 g/mol. The van der Waals surface area contributed by atoms with E-state index in [9.17, 15) is 4.79 Å². The van der Waals surface area contributed by atoms with Gasteiger partial charge in [-0.2, -0.15) is 4.98 Å². The largest absolute Gasteiger partial charge is 0.487 e. The summed E-state index contributed by atoms with van der Waals surface area (Å²) in [6, 6.07) is 13.7. The van der Waals surface area contributed by atoms with E-state index < -0.39 is 12.6 Å². The number of carboxylic acid groups (broad SMARTS) is 1. The fraction of sp³-hybridized carbons (Fsp3) is 0.105. The Kier molecular flexibility index (Phi) is 5.81. The van der Waals surface area contributed by atoms with E-state index in [2.05, 4.69) is 9.97 Å². The Morgan fingerprint density at radius 3 is 2.46 bits per heavy atom. The van der Waals surface area contributed by atoms with Crippen LogP contribution in [0.25, 0.3) is 11.1 Å². The van der Waals surface area contributed by atoms with Crippen molar-refractivity contribution < 1.29 is 19.4 Å². The van der Waals surface area contributed by atoms with E-state index in [0.29, 0.717) is 27.8 Å². The molecule has 0 aliphatic rings. The summed E-state index contributed by atoms with van der Waals surface area (Å²) in [5.41, 5.74) is 13.6. The summed E-state index contributed by atoms with van der Waals surface area (Å²) in [6.45, 7) is -0.386. The maximum Gasteiger partial charge on any atom is 0.341 e. The van der Waals surface area contributed by atoms with Crippen LogP contribution in [-0.2, 0) is 11.4 Å². The van der Waals surface area contributed by atoms with Gasteiger partial charge in [0, 0.05) is 16.7 Å². The Hall–Kier alpha value is -3.52. The van der Waals surface area contributed by atoms with Gasteiger partial charge in [-0.25, -0.2) is 9.78 Å². The van der Waals surface area contributed by atoms with E-state index >= 15 is 0 Å². The molecule has 9 heteroatoms. The van der Waals surface area contributed by atoms with Crippen molar-refractivity contribution >= 4 is 29.3 Å². The summed E-state index contributed by atoms with van der Waals surface area (Å²) in [5, 5.41) is 9.25. The Morgan fingerprint density at radius 1 is 1.04 bits per heavy atom. The fourth-order valence-corrected chi connectivity index (χ4v) is 2.75. The van der Waals surface area contributed by atoms with E-state index in [4.69, 9.17) is 37.6 Å². The topological polar surface area (TPSA) is 134 Å². The predicted molar refractivity (Wildman–Crippen MR) is 105 cm³/mol. The predicted octanol–water partition coefficient (Wildman–Crippen LogP) is 3.00. The average Bonchev–Trinajstić information content (AvgIpc) is 2.64. The minimum Gasteiger partial charge on any atom is -0.487 e. The van der Waals surface area contributed by atoms with Gasteiger partial charge in [0.15, 0.2) is 6.61 Å². The van der Waals surface area contributed by atoms with Crippen LogP contribution in [0.1, 0.15) is 5.69 Å². The molecule has 0 amide bonds. The summed E-state index contributed by atoms with van der Waals surface area (Å²) in [7, 11) is 0. The lowest BCUT2D eigenvalue weighted by molar-refractivity contribution is -0.139. The molecule has 0 spiro atoms. The fourth-order valence-electron chi connectivity index (χ4n) is 2.56. The van der Waals surface area contributed by atoms with Gasteiger partial charge in [-0.3, -0.25) is 0 Å². The van der Waals surface area contributed by atoms with Crippen molar-refractivity contribution in [1.82, 2.24) is 9.97 Å². The van der Waals surface area contributed by atoms with E-state index in [0.717, 1.165) is 5.56 Å². The van der Waals surface area contributed by atoms with Crippen molar-refractivity contribution in [3.05, 3.63) is 59.2 Å². The lowest BCUT2D eigenvalue weighted by Gasteiger charge is -2.14. The van der Waals surface area contributed by atoms with Crippen molar-refractivity contribution in [2.75, 3.05) is 18.1 Å². The second-order valence-electron chi connectivity index (χ2n) is 5.75. The molecular weight excluding hydrogens is 384 g/mol. The summed E-state index contributed by atoms with van der Waals surface area (Å²) >= 11 is 6.08. The first-order chi connectivity index (χ1) is 13.4. The van der Waals surface area contributed by atoms with Crippen LogP contribution in [0, 0.1) is 0 Å². The zero-order valence-electron chi connectivity index (χ0n) is 14.6. The van der Waals surface area contributed by atoms with Gasteiger partial charge in [-0.05, 0) is 29.8 Å². The second kappa shape index (κ2) is 8.45. The molecule has 3 aromatic rings. The number of benzene rings is 2. The van der Waals surface area contributed by atoms with Gasteiger partial charge in [0.25, 0.3) is 0 Å². The third-order valence-corrected chi connectivity index (χ3v) is 3.92. The first-order valence-electron chi connectivity index (χ1n) is 8.17. The molecule has 8 nitrogen and oxygen atoms in total. The zero-order chi connectivity index (χ0) is 20.1. The van der Waals surface area contributed by atoms with Crippen LogP contribution in [0.4, 0.5) is 11.8 Å². The number of nitrogens with zero attached hydrogens (tertiary/aromatic N) is 2. The highest BCUT2D eigenvalue weighted by Crippen LogP contribution is 2.31. The van der Waals surface area contributed by atoms with Gasteiger partial charge in [0.1, 0.15) is 23.9 Å². The number of rotatable bonds is 7. The van der Waals surface area contributed by atoms with Crippen LogP contribution in [0.2, 0.25) is 5.02 Å². The number of ether oxygens (including phenoxy) is 2. The van der Waals surface area contributed by atoms with Crippen LogP contribution in [-0.4, -0.2) is 27.7 Å². The van der Waals surface area contributed by atoms with Crippen LogP contribution >= 0.6 is 11.6 Å². The lowest BCUT2D eigenvalue weighted by Crippen LogP contribution is -2.10. The number of halogens is 1. The Bertz CT molecular complexity index is 1010. The van der Waals surface area contributed by atoms with E-state index in [1.54, 1.807) is 42.5 Å². The molecule has 0 saturated carbocycles. The van der Waals surface area contributed by atoms with Crippen molar-refractivity contribution in [3.63, 3.8) is 0 Å². The van der Waals surface area contributed by atoms with E-state index in [1.165, 1.54) is 0 Å². The number of aromatic nitrogens is 2. The Morgan fingerprint density at radius 2 is 1.75 bits per heavy atom. The third kappa shape index (κ3) is 4.80. The van der Waals surface area contributed by atoms with Crippen molar-refractivity contribution in [1.29, 1.82) is 0 Å². The number of aliphatic carboxylic acids is 1. The van der Waals surface area contributed by atoms with Gasteiger partial charge < -0.3 is 26.0 Å². The highest BCUT2D eigenvalue weighted by molar-refractivity contribution is 6.30. The van der Waals surface area contributed by atoms with Gasteiger partial charge in [-0.15, -0.1) is 0 Å². The standard InChI is InChI=1S/C19H17ClN4O4/c20-12-4-1-3-11(7-12)17-15(23-19(22)24-18(17)21)9-27-13-5-2-6-14(8-13)28-10-16(25)26/h1-8H,9-10H2,(H,25,26)(H4,21,22,23,24). The molecule has 2 aromatic carbocycles. The average molecular weight is 401 g/mol. The van der Waals surface area contributed by atoms with Gasteiger partial charge >= 0.3 is 5.97 Å². The Labute approximate surface area is 165 Å². The zero-order valence-corrected chi connectivity index (χ0v) is 15.4. The van der Waals surface area contributed by atoms with Crippen molar-refractivity contribution in [2.24, 2.45) is 0 Å². The maximum atomic E-state index is 10.6. The van der Waals surface area contributed by atoms with E-state index in [-0.39, 0.29) is 18.4 Å². The number of hydrogen-bond acceptors (Lipinski definition) is 7. The molecule has 0 radical (unpaired) electrons. The number of carboxylic acids is 1. The molecule has 0 aliphatic heterocycles. The molecule has 0 bridgehead atoms. The summed E-state index contributed by atoms with van der Waals surface area (Å²) in [4.78, 5) is 18.9. The summed E-state index contributed by atoms with van der Waals surface area (Å²) in [5.74, 6) is 0.0177. The number of nitrogen functional groups attached to an aromatic ring is 2. The lowest BCUT2D eigenvalue weighted by atomic mass is 10.0. The normalized spacial score (nSPS) is 10.5. The number of hydrogen-bond donors (Lipinski definition) is 3. The minimum atomic E-state index is -1.07. The van der Waals surface area contributed by atoms with Crippen LogP contribution in [0.15, 0.2) is 48.5 Å². The SMILES string of the molecule is Nc1nc(N)c(-c2cccc(Cl)c2)c(COc2cccc(OCC(=O)O)c2)n1. The summed E-state index contributed by atoms with van der Waals surface area (Å²) < 4.78 is 10.9. The Balaban J connectivity index is 1.85. The number of carbonyl (C=O) groups is 1. The molecule has 3 rings (SSSR count). The first kappa shape index (κ1) is 19.2. The molecule has 1 heterocycles. The van der Waals surface area contributed by atoms with E-state index in [1.807, 2.05) is 6.07 Å². The van der Waals surface area contributed by atoms with Crippen LogP contribution in [0.3, 0.4) is 0 Å². The molecule has 0 fully saturated rings. The van der Waals surface area contributed by atoms with Crippen molar-refractivity contribution in [3.8, 4) is 22.6 Å². The van der Waals surface area contributed by atoms with Gasteiger partial charge in [0.2, 0.25) is 5.95 Å². The molecule has 0 saturated heterocycles. The molecular formula is C19H17ClN4O4. The maximum absolute atomic E-state index is 10.6. The smallest absolute Gasteiger partial charge is 0.341 e. The number of anilines is 2. The quantitative estimate of drug-likeness (QED) is 0.551. The van der Waals surface area contributed by atoms with Crippen LogP contribution < -0.4 is 20.9 Å². The third-order valence-electron chi connectivity index (χ3n) is 3.69. The van der Waals surface area contributed by atoms with Gasteiger partial charge in [0.05, 0.1) is 5.69 Å². The second-order valence-corrected chi connectivity index (χ2v) is 6.18. The molecule has 144 valence electrons. The molecule has 5 N–H and O–H groups in total. The van der Waals surface area contributed by atoms with Crippen LogP contribution in [0.5, 0.6) is 11.5 Å². The molecule has 28 heavy (non-hydrogen) atoms. The highest BCUT2D eigenvalue weighted by atomic mass is 35.5. The summed E-state index contributed by atoms with van der Waals surface area (Å²) in [6.07, 6.45) is 0. The first-order valence-corrected chi connectivity index (χ1v) is 8.55. The van der Waals surface area contributed by atoms with Gasteiger partial charge in [-0.1, -0.05) is 29.8 Å². The molecule has 0 aliphatic carbocycles. The highest BCUT2D eigenvalue weighted by Gasteiger charge is 2.15. The number of nitrogens with two attached hydrogens (primary N) is 2.